The first-order chi connectivity index (χ1) is 22.1. The number of unbranched alkanes of at least 4 members (excludes halogenated alkanes) is 18. The minimum Gasteiger partial charge on any atom is -0.0654 e. The van der Waals surface area contributed by atoms with Crippen LogP contribution in [-0.4, -0.2) is 36.8 Å². The molecule has 2 heterocycles. The van der Waals surface area contributed by atoms with Crippen molar-refractivity contribution in [3.8, 4) is 23.7 Å². The quantitative estimate of drug-likeness (QED) is 0.0560. The molecular weight excluding hydrogens is 806 g/mol. The zero-order chi connectivity index (χ0) is 33.7. The SMILES string of the molecule is CCCCCCCCCCCCc1c[c]([Sn]([CH3])([CH3])[CH3])sc1C#CC#Cc1s[c]([Sn]([CH3])([CH3])[CH3])cc1CCCCCCCCCCCC. The Hall–Kier alpha value is 0.117. The van der Waals surface area contributed by atoms with Gasteiger partial charge in [0.1, 0.15) is 0 Å². The fourth-order valence-electron chi connectivity index (χ4n) is 5.96. The molecule has 0 spiro atoms. The fraction of sp³-hybridized carbons (Fsp3) is 0.714. The summed E-state index contributed by atoms with van der Waals surface area (Å²) in [6, 6.07) is 5.08. The predicted octanol–water partition coefficient (Wildman–Crippen LogP) is 13.2. The second-order valence-corrected chi connectivity index (χ2v) is 48.7. The molecule has 0 aliphatic heterocycles. The van der Waals surface area contributed by atoms with E-state index < -0.39 is 36.8 Å². The second-order valence-electron chi connectivity index (χ2n) is 15.8. The number of hydrogen-bond donors (Lipinski definition) is 0. The van der Waals surface area contributed by atoms with E-state index in [1.54, 1.807) is 5.79 Å². The van der Waals surface area contributed by atoms with Gasteiger partial charge in [-0.15, -0.1) is 0 Å². The van der Waals surface area contributed by atoms with Gasteiger partial charge in [-0.3, -0.25) is 0 Å². The van der Waals surface area contributed by atoms with E-state index in [2.05, 4.69) is 79.3 Å². The zero-order valence-electron chi connectivity index (χ0n) is 31.5. The summed E-state index contributed by atoms with van der Waals surface area (Å²) in [7, 11) is 0. The van der Waals surface area contributed by atoms with Crippen LogP contribution in [0.3, 0.4) is 0 Å². The summed E-state index contributed by atoms with van der Waals surface area (Å²) < 4.78 is 3.32. The Morgan fingerprint density at radius 2 is 0.717 bits per heavy atom. The van der Waals surface area contributed by atoms with Crippen molar-refractivity contribution < 1.29 is 0 Å². The normalized spacial score (nSPS) is 11.7. The summed E-state index contributed by atoms with van der Waals surface area (Å²) in [5.41, 5.74) is 3.00. The summed E-state index contributed by atoms with van der Waals surface area (Å²) in [6.07, 6.45) is 30.2. The van der Waals surface area contributed by atoms with E-state index in [0.29, 0.717) is 0 Å². The predicted molar refractivity (Wildman–Crippen MR) is 219 cm³/mol. The molecule has 0 aliphatic carbocycles. The molecule has 46 heavy (non-hydrogen) atoms. The van der Waals surface area contributed by atoms with Crippen LogP contribution in [0, 0.1) is 23.7 Å². The van der Waals surface area contributed by atoms with Crippen molar-refractivity contribution in [1.82, 2.24) is 0 Å². The molecule has 0 bridgehead atoms. The van der Waals surface area contributed by atoms with Gasteiger partial charge in [0, 0.05) is 0 Å². The van der Waals surface area contributed by atoms with Gasteiger partial charge in [0.25, 0.3) is 0 Å². The smallest absolute Gasteiger partial charge is 0.0654 e. The Morgan fingerprint density at radius 3 is 1.00 bits per heavy atom. The number of hydrogen-bond acceptors (Lipinski definition) is 2. The molecular formula is C42H70S2Sn2. The molecule has 0 amide bonds. The van der Waals surface area contributed by atoms with Gasteiger partial charge in [0.15, 0.2) is 0 Å². The molecule has 0 nitrogen and oxygen atoms in total. The van der Waals surface area contributed by atoms with Crippen LogP contribution in [-0.2, 0) is 12.8 Å². The molecule has 0 fully saturated rings. The summed E-state index contributed by atoms with van der Waals surface area (Å²) in [5, 5.41) is 0. The minimum absolute atomic E-state index is 1.18. The van der Waals surface area contributed by atoms with Crippen molar-refractivity contribution >= 4 is 65.2 Å². The number of aryl methyl sites for hydroxylation is 2. The minimum atomic E-state index is -2.13. The van der Waals surface area contributed by atoms with Crippen LogP contribution >= 0.6 is 22.7 Å². The fourth-order valence-corrected chi connectivity index (χ4v) is 18.7. The van der Waals surface area contributed by atoms with E-state index in [9.17, 15) is 0 Å². The third-order valence-corrected chi connectivity index (χ3v) is 30.1. The van der Waals surface area contributed by atoms with Crippen LogP contribution in [0.5, 0.6) is 0 Å². The van der Waals surface area contributed by atoms with E-state index in [4.69, 9.17) is 0 Å². The summed E-state index contributed by atoms with van der Waals surface area (Å²) in [6.45, 7) is 4.60. The molecule has 4 heteroatoms. The molecule has 0 aliphatic rings. The van der Waals surface area contributed by atoms with Crippen molar-refractivity contribution in [2.75, 3.05) is 0 Å². The topological polar surface area (TPSA) is 0 Å². The standard InChI is InChI=1S/C36H52S2.6CH3.2Sn/c1-3-5-7-9-11-13-15-17-19-21-25-33-29-31-37-35(33)27-23-24-28-36-34(30-32-38-36)26-22-20-18-16-14-12-10-8-6-4-2;;;;;;;;/h29-30H,3-22,25-26H2,1-2H3;6*1H3;;. The summed E-state index contributed by atoms with van der Waals surface area (Å²) >= 11 is -0.284. The van der Waals surface area contributed by atoms with E-state index >= 15 is 0 Å². The Morgan fingerprint density at radius 1 is 0.435 bits per heavy atom. The second kappa shape index (κ2) is 24.3. The van der Waals surface area contributed by atoms with Gasteiger partial charge in [-0.1, -0.05) is 39.5 Å². The molecule has 0 atom stereocenters. The van der Waals surface area contributed by atoms with E-state index in [0.717, 1.165) is 0 Å². The van der Waals surface area contributed by atoms with Gasteiger partial charge in [-0.05, 0) is 0 Å². The Labute approximate surface area is 303 Å². The van der Waals surface area contributed by atoms with Gasteiger partial charge in [0.05, 0.1) is 0 Å². The van der Waals surface area contributed by atoms with Crippen LogP contribution < -0.4 is 5.79 Å². The molecule has 0 saturated carbocycles. The molecule has 0 saturated heterocycles. The van der Waals surface area contributed by atoms with E-state index in [1.807, 2.05) is 22.7 Å². The van der Waals surface area contributed by atoms with Crippen LogP contribution in [0.4, 0.5) is 0 Å². The Balaban J connectivity index is 1.97. The third-order valence-electron chi connectivity index (χ3n) is 9.11. The van der Waals surface area contributed by atoms with Gasteiger partial charge in [-0.2, -0.15) is 0 Å². The molecule has 2 aromatic heterocycles. The first kappa shape index (κ1) is 42.3. The van der Waals surface area contributed by atoms with Gasteiger partial charge in [-0.25, -0.2) is 0 Å². The van der Waals surface area contributed by atoms with Crippen molar-refractivity contribution in [1.29, 1.82) is 0 Å². The van der Waals surface area contributed by atoms with Gasteiger partial charge < -0.3 is 0 Å². The average molecular weight is 877 g/mol. The molecule has 2 rings (SSSR count). The summed E-state index contributed by atoms with van der Waals surface area (Å²) in [4.78, 5) is 17.8. The molecule has 0 aromatic carbocycles. The van der Waals surface area contributed by atoms with E-state index in [1.165, 1.54) is 162 Å². The van der Waals surface area contributed by atoms with Crippen LogP contribution in [0.15, 0.2) is 12.1 Å². The van der Waals surface area contributed by atoms with Crippen molar-refractivity contribution in [2.24, 2.45) is 0 Å². The number of thiophene rings is 2. The third kappa shape index (κ3) is 18.2. The van der Waals surface area contributed by atoms with Crippen molar-refractivity contribution in [2.45, 2.75) is 185 Å². The van der Waals surface area contributed by atoms with Crippen LogP contribution in [0.1, 0.15) is 163 Å². The first-order valence-corrected chi connectivity index (χ1v) is 41.0. The van der Waals surface area contributed by atoms with Crippen molar-refractivity contribution in [3.63, 3.8) is 0 Å². The molecule has 258 valence electrons. The Kier molecular flexibility index (Phi) is 22.3. The molecule has 0 N–H and O–H groups in total. The maximum absolute atomic E-state index is 3.55. The Bertz CT molecular complexity index is 1120. The first-order valence-electron chi connectivity index (χ1n) is 19.3. The molecule has 0 unspecified atom stereocenters. The van der Waals surface area contributed by atoms with Crippen LogP contribution in [0.2, 0.25) is 29.6 Å². The monoisotopic (exact) mass is 878 g/mol. The van der Waals surface area contributed by atoms with Gasteiger partial charge >= 0.3 is 267 Å². The van der Waals surface area contributed by atoms with Gasteiger partial charge in [0.2, 0.25) is 0 Å². The average Bonchev–Trinajstić information content (AvgIpc) is 3.61. The zero-order valence-corrected chi connectivity index (χ0v) is 38.9. The molecule has 2 aromatic rings. The van der Waals surface area contributed by atoms with E-state index in [-0.39, 0.29) is 0 Å². The van der Waals surface area contributed by atoms with Crippen molar-refractivity contribution in [3.05, 3.63) is 33.0 Å². The number of rotatable bonds is 24. The summed E-state index contributed by atoms with van der Waals surface area (Å²) in [5.74, 6) is 13.8. The molecule has 0 radical (unpaired) electrons. The maximum atomic E-state index is 3.55. The van der Waals surface area contributed by atoms with Crippen LogP contribution in [0.25, 0.3) is 0 Å².